The smallest absolute Gasteiger partial charge is 0.168 e. The van der Waals surface area contributed by atoms with Gasteiger partial charge in [0.05, 0.1) is 7.11 Å². The highest BCUT2D eigenvalue weighted by Gasteiger charge is 2.14. The van der Waals surface area contributed by atoms with Gasteiger partial charge in [-0.3, -0.25) is 4.79 Å². The van der Waals surface area contributed by atoms with E-state index in [2.05, 4.69) is 15.9 Å². The van der Waals surface area contributed by atoms with Crippen molar-refractivity contribution >= 4 is 43.1 Å². The number of fused-ring (bicyclic) bond motifs is 1. The van der Waals surface area contributed by atoms with Crippen molar-refractivity contribution in [1.82, 2.24) is 0 Å². The standard InChI is InChI=1S/C17H13BrO2S/c1-20-12-5-2-4-11(8-12)9-16(19)14-10-21-17-13(14)6-3-7-15(17)18/h2-8,10H,9H2,1H3. The summed E-state index contributed by atoms with van der Waals surface area (Å²) in [7, 11) is 1.63. The monoisotopic (exact) mass is 360 g/mol. The van der Waals surface area contributed by atoms with Crippen molar-refractivity contribution in [3.63, 3.8) is 0 Å². The fraction of sp³-hybridized carbons (Fsp3) is 0.118. The predicted molar refractivity (Wildman–Crippen MR) is 90.6 cm³/mol. The zero-order valence-electron chi connectivity index (χ0n) is 11.4. The molecule has 106 valence electrons. The van der Waals surface area contributed by atoms with Crippen LogP contribution in [0.15, 0.2) is 52.3 Å². The van der Waals surface area contributed by atoms with Crippen LogP contribution in [0.5, 0.6) is 5.75 Å². The van der Waals surface area contributed by atoms with E-state index in [1.807, 2.05) is 47.8 Å². The molecule has 0 spiro atoms. The van der Waals surface area contributed by atoms with E-state index in [1.165, 1.54) is 0 Å². The normalized spacial score (nSPS) is 10.8. The Bertz CT molecular complexity index is 807. The minimum absolute atomic E-state index is 0.132. The third-order valence-electron chi connectivity index (χ3n) is 3.35. The van der Waals surface area contributed by atoms with Crippen LogP contribution in [-0.2, 0) is 6.42 Å². The topological polar surface area (TPSA) is 26.3 Å². The third-order valence-corrected chi connectivity index (χ3v) is 5.30. The number of ketones is 1. The molecule has 0 N–H and O–H groups in total. The van der Waals surface area contributed by atoms with Crippen LogP contribution in [0.25, 0.3) is 10.1 Å². The molecular weight excluding hydrogens is 348 g/mol. The van der Waals surface area contributed by atoms with Gasteiger partial charge in [0.15, 0.2) is 5.78 Å². The van der Waals surface area contributed by atoms with Gasteiger partial charge in [0.1, 0.15) is 5.75 Å². The van der Waals surface area contributed by atoms with Gasteiger partial charge in [0.25, 0.3) is 0 Å². The molecule has 0 unspecified atom stereocenters. The minimum Gasteiger partial charge on any atom is -0.497 e. The van der Waals surface area contributed by atoms with Crippen molar-refractivity contribution < 1.29 is 9.53 Å². The lowest BCUT2D eigenvalue weighted by atomic mass is 10.0. The largest absolute Gasteiger partial charge is 0.497 e. The van der Waals surface area contributed by atoms with E-state index in [9.17, 15) is 4.79 Å². The van der Waals surface area contributed by atoms with Gasteiger partial charge in [-0.2, -0.15) is 0 Å². The van der Waals surface area contributed by atoms with E-state index in [-0.39, 0.29) is 5.78 Å². The van der Waals surface area contributed by atoms with Gasteiger partial charge in [0.2, 0.25) is 0 Å². The average Bonchev–Trinajstić information content (AvgIpc) is 2.93. The first-order chi connectivity index (χ1) is 10.2. The lowest BCUT2D eigenvalue weighted by Crippen LogP contribution is -2.02. The summed E-state index contributed by atoms with van der Waals surface area (Å²) in [4.78, 5) is 12.6. The second-order valence-corrected chi connectivity index (χ2v) is 6.45. The molecule has 0 saturated heterocycles. The van der Waals surface area contributed by atoms with Gasteiger partial charge < -0.3 is 4.74 Å². The first-order valence-electron chi connectivity index (χ1n) is 6.51. The van der Waals surface area contributed by atoms with Gasteiger partial charge in [-0.15, -0.1) is 11.3 Å². The summed E-state index contributed by atoms with van der Waals surface area (Å²) in [6.07, 6.45) is 0.384. The predicted octanol–water partition coefficient (Wildman–Crippen LogP) is 5.10. The summed E-state index contributed by atoms with van der Waals surface area (Å²) in [5, 5.41) is 2.96. The number of methoxy groups -OCH3 is 1. The summed E-state index contributed by atoms with van der Waals surface area (Å²) < 4.78 is 7.35. The highest BCUT2D eigenvalue weighted by molar-refractivity contribution is 9.10. The van der Waals surface area contributed by atoms with Crippen LogP contribution >= 0.6 is 27.3 Å². The van der Waals surface area contributed by atoms with E-state index in [0.717, 1.165) is 31.4 Å². The maximum atomic E-state index is 12.6. The Kier molecular flexibility index (Phi) is 4.08. The van der Waals surface area contributed by atoms with Crippen LogP contribution in [0.1, 0.15) is 15.9 Å². The molecule has 0 bridgehead atoms. The summed E-state index contributed by atoms with van der Waals surface area (Å²) in [5.41, 5.74) is 1.76. The molecule has 0 aliphatic rings. The summed E-state index contributed by atoms with van der Waals surface area (Å²) >= 11 is 5.12. The van der Waals surface area contributed by atoms with Crippen LogP contribution in [-0.4, -0.2) is 12.9 Å². The first-order valence-corrected chi connectivity index (χ1v) is 8.18. The zero-order chi connectivity index (χ0) is 14.8. The van der Waals surface area contributed by atoms with Gasteiger partial charge in [-0.05, 0) is 39.7 Å². The third kappa shape index (κ3) is 2.87. The molecule has 0 amide bonds. The van der Waals surface area contributed by atoms with Crippen LogP contribution in [0.2, 0.25) is 0 Å². The summed E-state index contributed by atoms with van der Waals surface area (Å²) in [6.45, 7) is 0. The highest BCUT2D eigenvalue weighted by Crippen LogP contribution is 2.32. The van der Waals surface area contributed by atoms with E-state index in [4.69, 9.17) is 4.74 Å². The van der Waals surface area contributed by atoms with Gasteiger partial charge in [-0.25, -0.2) is 0 Å². The van der Waals surface area contributed by atoms with Crippen molar-refractivity contribution in [3.05, 3.63) is 63.4 Å². The minimum atomic E-state index is 0.132. The Morgan fingerprint density at radius 1 is 1.24 bits per heavy atom. The zero-order valence-corrected chi connectivity index (χ0v) is 13.8. The van der Waals surface area contributed by atoms with Crippen molar-refractivity contribution in [3.8, 4) is 5.75 Å². The van der Waals surface area contributed by atoms with Crippen molar-refractivity contribution in [2.45, 2.75) is 6.42 Å². The molecule has 0 radical (unpaired) electrons. The number of halogens is 1. The molecule has 3 rings (SSSR count). The fourth-order valence-corrected chi connectivity index (χ4v) is 3.93. The Labute approximate surface area is 135 Å². The van der Waals surface area contributed by atoms with E-state index < -0.39 is 0 Å². The lowest BCUT2D eigenvalue weighted by Gasteiger charge is -2.04. The molecule has 0 saturated carbocycles. The van der Waals surface area contributed by atoms with E-state index in [1.54, 1.807) is 18.4 Å². The number of thiophene rings is 1. The highest BCUT2D eigenvalue weighted by atomic mass is 79.9. The van der Waals surface area contributed by atoms with Crippen molar-refractivity contribution in [1.29, 1.82) is 0 Å². The SMILES string of the molecule is COc1cccc(CC(=O)c2csc3c(Br)cccc23)c1. The molecule has 0 fully saturated rings. The van der Waals surface area contributed by atoms with E-state index >= 15 is 0 Å². The van der Waals surface area contributed by atoms with E-state index in [0.29, 0.717) is 6.42 Å². The van der Waals surface area contributed by atoms with Crippen molar-refractivity contribution in [2.24, 2.45) is 0 Å². The Morgan fingerprint density at radius 2 is 2.05 bits per heavy atom. The molecule has 0 atom stereocenters. The fourth-order valence-electron chi connectivity index (χ4n) is 2.30. The summed E-state index contributed by atoms with van der Waals surface area (Å²) in [6, 6.07) is 13.6. The second kappa shape index (κ2) is 6.00. The molecule has 0 aliphatic carbocycles. The number of carbonyl (C=O) groups excluding carboxylic acids is 1. The number of Topliss-reactive ketones (excluding diaryl/α,β-unsaturated/α-hetero) is 1. The number of benzene rings is 2. The first kappa shape index (κ1) is 14.3. The Balaban J connectivity index is 1.92. The average molecular weight is 361 g/mol. The molecule has 0 aliphatic heterocycles. The number of hydrogen-bond acceptors (Lipinski definition) is 3. The van der Waals surface area contributed by atoms with Gasteiger partial charge >= 0.3 is 0 Å². The molecule has 2 nitrogen and oxygen atoms in total. The van der Waals surface area contributed by atoms with Crippen LogP contribution in [0.4, 0.5) is 0 Å². The van der Waals surface area contributed by atoms with Gasteiger partial charge in [0, 0.05) is 31.9 Å². The maximum Gasteiger partial charge on any atom is 0.168 e. The molecule has 1 aromatic heterocycles. The molecule has 21 heavy (non-hydrogen) atoms. The van der Waals surface area contributed by atoms with Crippen LogP contribution in [0.3, 0.4) is 0 Å². The van der Waals surface area contributed by atoms with Crippen LogP contribution in [0, 0.1) is 0 Å². The number of ether oxygens (including phenoxy) is 1. The second-order valence-electron chi connectivity index (χ2n) is 4.72. The maximum absolute atomic E-state index is 12.6. The molecule has 3 aromatic rings. The lowest BCUT2D eigenvalue weighted by molar-refractivity contribution is 0.0995. The number of hydrogen-bond donors (Lipinski definition) is 0. The molecular formula is C17H13BrO2S. The number of carbonyl (C=O) groups is 1. The van der Waals surface area contributed by atoms with Crippen LogP contribution < -0.4 is 4.74 Å². The Hall–Kier alpha value is -1.65. The number of rotatable bonds is 4. The quantitative estimate of drug-likeness (QED) is 0.605. The van der Waals surface area contributed by atoms with Gasteiger partial charge in [-0.1, -0.05) is 24.3 Å². The molecule has 1 heterocycles. The Morgan fingerprint density at radius 3 is 2.86 bits per heavy atom. The van der Waals surface area contributed by atoms with Crippen molar-refractivity contribution in [2.75, 3.05) is 7.11 Å². The molecule has 2 aromatic carbocycles. The summed E-state index contributed by atoms with van der Waals surface area (Å²) in [5.74, 6) is 0.908. The molecule has 4 heteroatoms.